The summed E-state index contributed by atoms with van der Waals surface area (Å²) in [4.78, 5) is 43.5. The van der Waals surface area contributed by atoms with Crippen LogP contribution in [0.5, 0.6) is 5.75 Å². The van der Waals surface area contributed by atoms with Crippen molar-refractivity contribution in [2.75, 3.05) is 58.3 Å². The van der Waals surface area contributed by atoms with Gasteiger partial charge in [-0.3, -0.25) is 4.90 Å². The number of benzene rings is 2. The third-order valence-corrected chi connectivity index (χ3v) is 6.92. The van der Waals surface area contributed by atoms with Gasteiger partial charge in [-0.2, -0.15) is 0 Å². The van der Waals surface area contributed by atoms with Crippen LogP contribution in [0, 0.1) is 0 Å². The lowest BCUT2D eigenvalue weighted by Gasteiger charge is -2.37. The monoisotopic (exact) mass is 535 g/mol. The van der Waals surface area contributed by atoms with Gasteiger partial charge in [0.1, 0.15) is 11.6 Å². The molecular weight excluding hydrogens is 502 g/mol. The van der Waals surface area contributed by atoms with Crippen LogP contribution >= 0.6 is 0 Å². The zero-order valence-corrected chi connectivity index (χ0v) is 22.1. The smallest absolute Gasteiger partial charge is 0.329 e. The molecule has 1 amide bonds. The number of carbonyl (C=O) groups is 3. The Hall–Kier alpha value is -4.38. The van der Waals surface area contributed by atoms with E-state index >= 15 is 0 Å². The Kier molecular flexibility index (Phi) is 8.82. The number of para-hydroxylation sites is 4. The van der Waals surface area contributed by atoms with E-state index in [0.29, 0.717) is 12.2 Å². The molecule has 1 unspecified atom stereocenters. The molecule has 2 N–H and O–H groups in total. The second-order valence-corrected chi connectivity index (χ2v) is 9.45. The summed E-state index contributed by atoms with van der Waals surface area (Å²) in [6.07, 6.45) is 2.11. The van der Waals surface area contributed by atoms with Crippen LogP contribution in [0.25, 0.3) is 11.0 Å². The Balaban J connectivity index is 0.000000386. The highest BCUT2D eigenvalue weighted by atomic mass is 16.5. The summed E-state index contributed by atoms with van der Waals surface area (Å²) in [5.74, 6) is -0.413. The molecule has 0 aliphatic carbocycles. The SMILES string of the molecule is COc1ccccc1N1CCN(CCC2CN(C)C(=O)n3c2nc2ccccc23)CC1.O=C(O)/C=C/C(=O)O. The molecule has 1 fully saturated rings. The van der Waals surface area contributed by atoms with Gasteiger partial charge < -0.3 is 24.7 Å². The second-order valence-electron chi connectivity index (χ2n) is 9.45. The van der Waals surface area contributed by atoms with Crippen LogP contribution in [0.2, 0.25) is 0 Å². The van der Waals surface area contributed by atoms with Crippen LogP contribution in [0.1, 0.15) is 18.2 Å². The summed E-state index contributed by atoms with van der Waals surface area (Å²) in [5.41, 5.74) is 2.98. The van der Waals surface area contributed by atoms with Gasteiger partial charge in [-0.05, 0) is 37.2 Å². The number of methoxy groups -OCH3 is 1. The highest BCUT2D eigenvalue weighted by Gasteiger charge is 2.32. The van der Waals surface area contributed by atoms with Gasteiger partial charge >= 0.3 is 18.0 Å². The first-order valence-corrected chi connectivity index (χ1v) is 12.8. The molecule has 11 heteroatoms. The molecule has 206 valence electrons. The van der Waals surface area contributed by atoms with E-state index in [1.807, 2.05) is 52.9 Å². The van der Waals surface area contributed by atoms with Gasteiger partial charge in [0, 0.05) is 57.8 Å². The number of hydrogen-bond donors (Lipinski definition) is 2. The number of amides is 1. The molecule has 0 spiro atoms. The lowest BCUT2D eigenvalue weighted by molar-refractivity contribution is -0.134. The number of anilines is 1. The number of hydrogen-bond acceptors (Lipinski definition) is 7. The van der Waals surface area contributed by atoms with E-state index in [0.717, 1.165) is 68.3 Å². The molecule has 1 aromatic heterocycles. The zero-order chi connectivity index (χ0) is 27.9. The first kappa shape index (κ1) is 27.6. The van der Waals surface area contributed by atoms with E-state index in [1.54, 1.807) is 7.11 Å². The van der Waals surface area contributed by atoms with Crippen molar-refractivity contribution in [2.24, 2.45) is 0 Å². The molecule has 2 aliphatic heterocycles. The van der Waals surface area contributed by atoms with Crippen molar-refractivity contribution in [3.05, 3.63) is 66.5 Å². The van der Waals surface area contributed by atoms with Gasteiger partial charge in [-0.25, -0.2) is 23.9 Å². The molecule has 1 saturated heterocycles. The molecule has 0 bridgehead atoms. The topological polar surface area (TPSA) is 128 Å². The minimum Gasteiger partial charge on any atom is -0.495 e. The maximum Gasteiger partial charge on any atom is 0.329 e. The highest BCUT2D eigenvalue weighted by Crippen LogP contribution is 2.31. The lowest BCUT2D eigenvalue weighted by atomic mass is 10.0. The largest absolute Gasteiger partial charge is 0.495 e. The number of carboxylic acids is 2. The average Bonchev–Trinajstić information content (AvgIpc) is 3.34. The Morgan fingerprint density at radius 2 is 1.64 bits per heavy atom. The van der Waals surface area contributed by atoms with Gasteiger partial charge in [0.25, 0.3) is 0 Å². The van der Waals surface area contributed by atoms with Gasteiger partial charge in [-0.15, -0.1) is 0 Å². The van der Waals surface area contributed by atoms with Gasteiger partial charge in [-0.1, -0.05) is 24.3 Å². The molecule has 3 aromatic rings. The third kappa shape index (κ3) is 6.55. The van der Waals surface area contributed by atoms with Crippen molar-refractivity contribution in [2.45, 2.75) is 12.3 Å². The summed E-state index contributed by atoms with van der Waals surface area (Å²) in [5, 5.41) is 15.6. The molecule has 11 nitrogen and oxygen atoms in total. The van der Waals surface area contributed by atoms with Gasteiger partial charge in [0.2, 0.25) is 0 Å². The molecule has 1 atom stereocenters. The maximum atomic E-state index is 12.8. The third-order valence-electron chi connectivity index (χ3n) is 6.92. The summed E-state index contributed by atoms with van der Waals surface area (Å²) in [6, 6.07) is 16.2. The minimum atomic E-state index is -1.26. The molecule has 2 aliphatic rings. The van der Waals surface area contributed by atoms with E-state index in [2.05, 4.69) is 21.9 Å². The van der Waals surface area contributed by atoms with E-state index in [1.165, 1.54) is 5.69 Å². The maximum absolute atomic E-state index is 12.8. The number of likely N-dealkylation sites (N-methyl/N-ethyl adjacent to an activating group) is 1. The number of ether oxygens (including phenoxy) is 1. The zero-order valence-electron chi connectivity index (χ0n) is 22.1. The standard InChI is InChI=1S/C24H29N5O2.C4H4O4/c1-26-17-18(23-25-19-7-3-4-8-20(19)29(23)24(26)30)11-12-27-13-15-28(16-14-27)21-9-5-6-10-22(21)31-2;5-3(6)1-2-4(7)8/h3-10,18H,11-17H2,1-2H3;1-2H,(H,5,6)(H,7,8)/b;2-1+. The predicted molar refractivity (Wildman–Crippen MR) is 147 cm³/mol. The Bertz CT molecular complexity index is 1350. The van der Waals surface area contributed by atoms with Crippen molar-refractivity contribution >= 4 is 34.7 Å². The molecule has 39 heavy (non-hydrogen) atoms. The molecule has 5 rings (SSSR count). The molecule has 0 saturated carbocycles. The number of aliphatic carboxylic acids is 2. The van der Waals surface area contributed by atoms with Crippen LogP contribution in [0.15, 0.2) is 60.7 Å². The Morgan fingerprint density at radius 1 is 1.00 bits per heavy atom. The summed E-state index contributed by atoms with van der Waals surface area (Å²) in [7, 11) is 3.62. The van der Waals surface area contributed by atoms with Crippen molar-refractivity contribution < 1.29 is 29.3 Å². The van der Waals surface area contributed by atoms with Crippen molar-refractivity contribution in [1.82, 2.24) is 19.4 Å². The van der Waals surface area contributed by atoms with Gasteiger partial charge in [0.15, 0.2) is 0 Å². The molecular formula is C28H33N5O6. The van der Waals surface area contributed by atoms with Crippen LogP contribution in [0.3, 0.4) is 0 Å². The molecule has 3 heterocycles. The normalized spacial score (nSPS) is 17.6. The molecule has 0 radical (unpaired) electrons. The predicted octanol–water partition coefficient (Wildman–Crippen LogP) is 2.97. The van der Waals surface area contributed by atoms with Crippen molar-refractivity contribution in [3.63, 3.8) is 0 Å². The van der Waals surface area contributed by atoms with Crippen LogP contribution in [-0.2, 0) is 9.59 Å². The number of nitrogens with zero attached hydrogens (tertiary/aromatic N) is 5. The summed E-state index contributed by atoms with van der Waals surface area (Å²) < 4.78 is 7.34. The average molecular weight is 536 g/mol. The van der Waals surface area contributed by atoms with E-state index in [-0.39, 0.29) is 11.9 Å². The first-order valence-electron chi connectivity index (χ1n) is 12.8. The Morgan fingerprint density at radius 3 is 2.31 bits per heavy atom. The van der Waals surface area contributed by atoms with Crippen LogP contribution < -0.4 is 9.64 Å². The fourth-order valence-corrected chi connectivity index (χ4v) is 4.99. The second kappa shape index (κ2) is 12.4. The van der Waals surface area contributed by atoms with Crippen LogP contribution in [-0.4, -0.2) is 101 Å². The number of fused-ring (bicyclic) bond motifs is 3. The lowest BCUT2D eigenvalue weighted by Crippen LogP contribution is -2.47. The van der Waals surface area contributed by atoms with Crippen LogP contribution in [0.4, 0.5) is 10.5 Å². The number of aromatic nitrogens is 2. The number of imidazole rings is 1. The first-order chi connectivity index (χ1) is 18.8. The minimum absolute atomic E-state index is 0.0189. The van der Waals surface area contributed by atoms with E-state index in [9.17, 15) is 14.4 Å². The summed E-state index contributed by atoms with van der Waals surface area (Å²) >= 11 is 0. The number of rotatable bonds is 7. The highest BCUT2D eigenvalue weighted by molar-refractivity contribution is 5.91. The quantitative estimate of drug-likeness (QED) is 0.439. The van der Waals surface area contributed by atoms with Gasteiger partial charge in [0.05, 0.1) is 23.8 Å². The van der Waals surface area contributed by atoms with E-state index < -0.39 is 11.9 Å². The molecule has 2 aromatic carbocycles. The number of piperazine rings is 1. The summed E-state index contributed by atoms with van der Waals surface area (Å²) in [6.45, 7) is 5.76. The van der Waals surface area contributed by atoms with Crippen molar-refractivity contribution in [3.8, 4) is 5.75 Å². The fourth-order valence-electron chi connectivity index (χ4n) is 4.99. The van der Waals surface area contributed by atoms with E-state index in [4.69, 9.17) is 19.9 Å². The van der Waals surface area contributed by atoms with Crippen molar-refractivity contribution in [1.29, 1.82) is 0 Å². The number of carbonyl (C=O) groups excluding carboxylic acids is 1. The Labute approximate surface area is 226 Å². The fraction of sp³-hybridized carbons (Fsp3) is 0.357. The number of carboxylic acid groups (broad SMARTS) is 2.